The van der Waals surface area contributed by atoms with Gasteiger partial charge in [0.05, 0.1) is 11.8 Å². The van der Waals surface area contributed by atoms with Gasteiger partial charge < -0.3 is 26.6 Å². The minimum absolute atomic E-state index is 0.0590. The molecule has 2 heterocycles. The molecule has 5 amide bonds. The minimum atomic E-state index is -3.37. The summed E-state index contributed by atoms with van der Waals surface area (Å²) in [4.78, 5) is 66.6. The SMILES string of the molecule is CC(C)(C)[C@H](NC(=O)N[C@H](CN1CCCS1(=O)=O)C(C)(C)C)C(=O)N1C[C@@H]2C[C@@H]2[C@H]1C(=O)NC(CC1CC1)C(=O)C(N)=O. The van der Waals surface area contributed by atoms with Crippen LogP contribution in [0.15, 0.2) is 0 Å². The van der Waals surface area contributed by atoms with E-state index in [2.05, 4.69) is 16.0 Å². The first-order valence-electron chi connectivity index (χ1n) is 15.3. The highest BCUT2D eigenvalue weighted by molar-refractivity contribution is 7.89. The van der Waals surface area contributed by atoms with Gasteiger partial charge >= 0.3 is 6.03 Å². The monoisotopic (exact) mass is 624 g/mol. The lowest BCUT2D eigenvalue weighted by atomic mass is 9.85. The van der Waals surface area contributed by atoms with E-state index in [1.54, 1.807) is 0 Å². The zero-order chi connectivity index (χ0) is 32.1. The van der Waals surface area contributed by atoms with E-state index >= 15 is 0 Å². The van der Waals surface area contributed by atoms with Crippen LogP contribution in [0, 0.1) is 28.6 Å². The molecule has 6 atom stereocenters. The molecule has 4 fully saturated rings. The van der Waals surface area contributed by atoms with Crippen LogP contribution in [0.3, 0.4) is 0 Å². The Morgan fingerprint density at radius 2 is 1.60 bits per heavy atom. The lowest BCUT2D eigenvalue weighted by molar-refractivity contribution is -0.144. The average Bonchev–Trinajstić information content (AvgIpc) is 3.79. The lowest BCUT2D eigenvalue weighted by Gasteiger charge is -2.38. The van der Waals surface area contributed by atoms with Gasteiger partial charge in [0.1, 0.15) is 12.1 Å². The van der Waals surface area contributed by atoms with E-state index in [1.165, 1.54) is 9.21 Å². The Morgan fingerprint density at radius 1 is 0.953 bits per heavy atom. The van der Waals surface area contributed by atoms with E-state index < -0.39 is 74.6 Å². The first kappa shape index (κ1) is 33.2. The summed E-state index contributed by atoms with van der Waals surface area (Å²) in [6.45, 7) is 12.0. The predicted molar refractivity (Wildman–Crippen MR) is 159 cm³/mol. The number of hydrogen-bond donors (Lipinski definition) is 4. The number of rotatable bonds is 11. The first-order valence-corrected chi connectivity index (χ1v) is 16.9. The highest BCUT2D eigenvalue weighted by atomic mass is 32.2. The van der Waals surface area contributed by atoms with Crippen molar-refractivity contribution in [2.24, 2.45) is 34.3 Å². The van der Waals surface area contributed by atoms with E-state index in [1.807, 2.05) is 41.5 Å². The molecule has 14 heteroatoms. The van der Waals surface area contributed by atoms with E-state index in [0.29, 0.717) is 25.9 Å². The number of urea groups is 1. The Balaban J connectivity index is 1.47. The van der Waals surface area contributed by atoms with Crippen molar-refractivity contribution in [2.45, 2.75) is 97.8 Å². The van der Waals surface area contributed by atoms with Gasteiger partial charge in [-0.3, -0.25) is 19.2 Å². The largest absolute Gasteiger partial charge is 0.363 e. The maximum atomic E-state index is 14.0. The Hall–Kier alpha value is -2.74. The zero-order valence-electron chi connectivity index (χ0n) is 26.1. The van der Waals surface area contributed by atoms with Crippen molar-refractivity contribution >= 4 is 39.6 Å². The van der Waals surface area contributed by atoms with Crippen molar-refractivity contribution in [1.29, 1.82) is 0 Å². The number of primary amides is 1. The molecule has 43 heavy (non-hydrogen) atoms. The molecular weight excluding hydrogens is 576 g/mol. The summed E-state index contributed by atoms with van der Waals surface area (Å²) in [6, 6.07) is -3.97. The third-order valence-electron chi connectivity index (χ3n) is 9.17. The number of nitrogens with two attached hydrogens (primary N) is 1. The second kappa shape index (κ2) is 12.0. The molecule has 2 aliphatic carbocycles. The molecule has 1 unspecified atom stereocenters. The second-order valence-corrected chi connectivity index (χ2v) is 17.0. The topological polar surface area (TPSA) is 188 Å². The van der Waals surface area contributed by atoms with Crippen molar-refractivity contribution in [2.75, 3.05) is 25.4 Å². The molecule has 0 aromatic rings. The maximum absolute atomic E-state index is 14.0. The molecule has 0 bridgehead atoms. The van der Waals surface area contributed by atoms with Crippen LogP contribution in [0.2, 0.25) is 0 Å². The summed E-state index contributed by atoms with van der Waals surface area (Å²) in [5.41, 5.74) is 4.04. The van der Waals surface area contributed by atoms with E-state index in [0.717, 1.165) is 19.3 Å². The third-order valence-corrected chi connectivity index (χ3v) is 11.1. The minimum Gasteiger partial charge on any atom is -0.363 e. The average molecular weight is 625 g/mol. The standard InChI is InChI=1S/C29H48N6O7S/c1-28(2,3)20(15-34-10-7-11-43(34,41)42)32-27(40)33-23(29(4,5)6)26(39)35-14-17-13-18(17)21(35)25(38)31-19(12-16-8-9-16)22(36)24(30)37/h16-21,23H,7-15H2,1-6H3,(H2,30,37)(H,31,38)(H2,32,33,40)/t17-,18-,19?,20+,21-,23+/m0/s1. The molecule has 4 aliphatic rings. The fourth-order valence-electron chi connectivity index (χ4n) is 6.16. The number of nitrogens with zero attached hydrogens (tertiary/aromatic N) is 2. The van der Waals surface area contributed by atoms with Gasteiger partial charge in [-0.25, -0.2) is 13.2 Å². The molecule has 5 N–H and O–H groups in total. The molecule has 2 saturated heterocycles. The number of hydrogen-bond acceptors (Lipinski definition) is 7. The second-order valence-electron chi connectivity index (χ2n) is 14.9. The Morgan fingerprint density at radius 3 is 2.12 bits per heavy atom. The van der Waals surface area contributed by atoms with Crippen molar-refractivity contribution in [3.63, 3.8) is 0 Å². The van der Waals surface area contributed by atoms with Gasteiger partial charge in [0, 0.05) is 25.7 Å². The van der Waals surface area contributed by atoms with Crippen LogP contribution in [-0.4, -0.2) is 96.7 Å². The van der Waals surface area contributed by atoms with Gasteiger partial charge in [-0.15, -0.1) is 0 Å². The number of ketones is 1. The number of sulfonamides is 1. The fraction of sp³-hybridized carbons (Fsp3) is 0.828. The van der Waals surface area contributed by atoms with Gasteiger partial charge in [-0.2, -0.15) is 4.31 Å². The molecule has 2 saturated carbocycles. The van der Waals surface area contributed by atoms with Crippen molar-refractivity contribution < 1.29 is 32.4 Å². The van der Waals surface area contributed by atoms with Gasteiger partial charge in [0.25, 0.3) is 5.91 Å². The van der Waals surface area contributed by atoms with Crippen molar-refractivity contribution in [3.05, 3.63) is 0 Å². The fourth-order valence-corrected chi connectivity index (χ4v) is 7.69. The molecule has 0 aromatic carbocycles. The summed E-state index contributed by atoms with van der Waals surface area (Å²) < 4.78 is 26.3. The first-order chi connectivity index (χ1) is 19.8. The highest BCUT2D eigenvalue weighted by Crippen LogP contribution is 2.50. The Kier molecular flexibility index (Phi) is 9.24. The molecular formula is C29H48N6O7S. The number of carbonyl (C=O) groups is 5. The summed E-state index contributed by atoms with van der Waals surface area (Å²) in [7, 11) is -3.37. The van der Waals surface area contributed by atoms with Crippen LogP contribution < -0.4 is 21.7 Å². The Labute approximate surface area is 254 Å². The van der Waals surface area contributed by atoms with Crippen LogP contribution in [-0.2, 0) is 29.2 Å². The number of nitrogens with one attached hydrogen (secondary N) is 3. The zero-order valence-corrected chi connectivity index (χ0v) is 27.0. The molecule has 4 rings (SSSR count). The molecule has 2 aliphatic heterocycles. The van der Waals surface area contributed by atoms with Crippen molar-refractivity contribution in [1.82, 2.24) is 25.2 Å². The lowest BCUT2D eigenvalue weighted by Crippen LogP contribution is -2.62. The molecule has 242 valence electrons. The molecule has 13 nitrogen and oxygen atoms in total. The van der Waals surface area contributed by atoms with E-state index in [4.69, 9.17) is 5.73 Å². The van der Waals surface area contributed by atoms with E-state index in [9.17, 15) is 32.4 Å². The van der Waals surface area contributed by atoms with Crippen LogP contribution in [0.4, 0.5) is 4.79 Å². The maximum Gasteiger partial charge on any atom is 0.315 e. The number of amides is 5. The summed E-state index contributed by atoms with van der Waals surface area (Å²) >= 11 is 0. The van der Waals surface area contributed by atoms with Crippen LogP contribution >= 0.6 is 0 Å². The number of likely N-dealkylation sites (tertiary alicyclic amines) is 1. The summed E-state index contributed by atoms with van der Waals surface area (Å²) in [5.74, 6) is -2.43. The number of piperidine rings is 1. The van der Waals surface area contributed by atoms with Crippen molar-refractivity contribution in [3.8, 4) is 0 Å². The van der Waals surface area contributed by atoms with Crippen LogP contribution in [0.5, 0.6) is 0 Å². The quantitative estimate of drug-likeness (QED) is 0.238. The summed E-state index contributed by atoms with van der Waals surface area (Å²) in [6.07, 6.45) is 3.49. The van der Waals surface area contributed by atoms with Gasteiger partial charge in [-0.1, -0.05) is 54.4 Å². The highest BCUT2D eigenvalue weighted by Gasteiger charge is 2.58. The number of Topliss-reactive ketones (excluding diaryl/α,β-unsaturated/α-hetero) is 1. The number of fused-ring (bicyclic) bond motifs is 1. The number of carbonyl (C=O) groups excluding carboxylic acids is 5. The third kappa shape index (κ3) is 7.86. The summed E-state index contributed by atoms with van der Waals surface area (Å²) in [5, 5.41) is 8.45. The molecule has 0 radical (unpaired) electrons. The molecule has 0 aromatic heterocycles. The normalized spacial score (nSPS) is 27.0. The van der Waals surface area contributed by atoms with Gasteiger partial charge in [0.2, 0.25) is 27.6 Å². The smallest absolute Gasteiger partial charge is 0.315 e. The molecule has 0 spiro atoms. The van der Waals surface area contributed by atoms with Gasteiger partial charge in [-0.05, 0) is 47.8 Å². The Bertz CT molecular complexity index is 1250. The van der Waals surface area contributed by atoms with Gasteiger partial charge in [0.15, 0.2) is 0 Å². The van der Waals surface area contributed by atoms with Crippen LogP contribution in [0.1, 0.15) is 73.6 Å². The van der Waals surface area contributed by atoms with Crippen LogP contribution in [0.25, 0.3) is 0 Å². The van der Waals surface area contributed by atoms with E-state index in [-0.39, 0.29) is 30.1 Å². The predicted octanol–water partition coefficient (Wildman–Crippen LogP) is 0.337.